The second-order valence-corrected chi connectivity index (χ2v) is 6.76. The third kappa shape index (κ3) is 7.62. The maximum atomic E-state index is 12.8. The van der Waals surface area contributed by atoms with E-state index in [0.717, 1.165) is 5.56 Å². The Balaban J connectivity index is 0.00000392. The summed E-state index contributed by atoms with van der Waals surface area (Å²) in [5.74, 6) is -2.47. The number of rotatable bonds is 11. The van der Waals surface area contributed by atoms with E-state index in [9.17, 15) is 19.5 Å². The zero-order chi connectivity index (χ0) is 20.0. The minimum atomic E-state index is -1.46. The molecule has 0 bridgehead atoms. The summed E-state index contributed by atoms with van der Waals surface area (Å²) in [5.41, 5.74) is 6.95. The van der Waals surface area contributed by atoms with E-state index in [-0.39, 0.29) is 54.5 Å². The molecule has 1 fully saturated rings. The number of ketones is 1. The molecule has 0 saturated carbocycles. The molecule has 1 aliphatic heterocycles. The van der Waals surface area contributed by atoms with Crippen molar-refractivity contribution < 1.29 is 58.5 Å². The van der Waals surface area contributed by atoms with Gasteiger partial charge in [-0.1, -0.05) is 30.3 Å². The van der Waals surface area contributed by atoms with Gasteiger partial charge in [-0.05, 0) is 32.3 Å². The van der Waals surface area contributed by atoms with Crippen molar-refractivity contribution in [2.75, 3.05) is 6.61 Å². The number of hydrogen-bond donors (Lipinski definition) is 2. The number of carbonyl (C=O) groups excluding carboxylic acids is 3. The summed E-state index contributed by atoms with van der Waals surface area (Å²) in [4.78, 5) is 35.6. The first-order valence-electron chi connectivity index (χ1n) is 8.91. The molecule has 2 rings (SSSR count). The summed E-state index contributed by atoms with van der Waals surface area (Å²) in [6.07, 6.45) is -1.87. The van der Waals surface area contributed by atoms with Gasteiger partial charge in [0, 0.05) is 6.61 Å². The molecular weight excluding hydrogens is 375 g/mol. The first-order chi connectivity index (χ1) is 12.8. The van der Waals surface area contributed by atoms with Crippen LogP contribution in [0.5, 0.6) is 0 Å². The molecule has 1 saturated heterocycles. The van der Waals surface area contributed by atoms with Crippen LogP contribution in [0.15, 0.2) is 30.3 Å². The minimum Gasteiger partial charge on any atom is -0.547 e. The van der Waals surface area contributed by atoms with Crippen molar-refractivity contribution in [3.05, 3.63) is 35.9 Å². The molecule has 0 aromatic heterocycles. The largest absolute Gasteiger partial charge is 1.00 e. The second kappa shape index (κ2) is 11.6. The maximum absolute atomic E-state index is 12.8. The van der Waals surface area contributed by atoms with Crippen molar-refractivity contribution in [1.82, 2.24) is 5.32 Å². The fourth-order valence-corrected chi connectivity index (χ4v) is 2.68. The van der Waals surface area contributed by atoms with Crippen LogP contribution in [0, 0.1) is 0 Å². The number of carboxylic acid groups (broad SMARTS) is 1. The van der Waals surface area contributed by atoms with Crippen molar-refractivity contribution in [3.63, 3.8) is 0 Å². The summed E-state index contributed by atoms with van der Waals surface area (Å²) in [6, 6.07) is 7.61. The predicted molar refractivity (Wildman–Crippen MR) is 94.4 cm³/mol. The Morgan fingerprint density at radius 2 is 1.86 bits per heavy atom. The van der Waals surface area contributed by atoms with Crippen LogP contribution in [0.2, 0.25) is 0 Å². The van der Waals surface area contributed by atoms with Crippen molar-refractivity contribution >= 4 is 17.7 Å². The van der Waals surface area contributed by atoms with Crippen molar-refractivity contribution in [1.29, 1.82) is 0 Å². The number of nitrogens with one attached hydrogen (secondary N) is 1. The van der Waals surface area contributed by atoms with Gasteiger partial charge < -0.3 is 30.4 Å². The summed E-state index contributed by atoms with van der Waals surface area (Å²) >= 11 is 0. The van der Waals surface area contributed by atoms with E-state index in [1.807, 2.05) is 44.2 Å². The summed E-state index contributed by atoms with van der Waals surface area (Å²) in [5, 5.41) is 13.3. The molecule has 148 valence electrons. The van der Waals surface area contributed by atoms with E-state index in [2.05, 4.69) is 5.32 Å². The van der Waals surface area contributed by atoms with Crippen LogP contribution >= 0.6 is 0 Å². The number of epoxide rings is 1. The molecule has 1 amide bonds. The Bertz CT molecular complexity index is 670. The summed E-state index contributed by atoms with van der Waals surface area (Å²) in [6.45, 7) is 3.97. The fraction of sp³-hybridized carbons (Fsp3) is 0.526. The van der Waals surface area contributed by atoms with Gasteiger partial charge in [0.15, 0.2) is 11.9 Å². The molecule has 1 aromatic rings. The van der Waals surface area contributed by atoms with Gasteiger partial charge in [0.1, 0.15) is 6.10 Å². The van der Waals surface area contributed by atoms with Crippen LogP contribution in [-0.2, 0) is 30.3 Å². The molecule has 3 N–H and O–H groups in total. The van der Waals surface area contributed by atoms with Gasteiger partial charge in [-0.25, -0.2) is 0 Å². The molecule has 1 aliphatic rings. The molecule has 1 unspecified atom stereocenters. The molecule has 1 aromatic carbocycles. The standard InChI is InChI=1S/C19H26N2O6.Na/c1-11(2)26-9-8-14(21-18(23)16-17(27-16)19(24)25)15(22)13(20)10-12-6-4-3-5-7-12;/h3-7,11,13-14,16-17H,8-10,20H2,1-2H3,(H,21,23)(H,24,25);/q;+1/p-1/t13-,14?,16-,17-;/m0./s1. The number of Topliss-reactive ketones (excluding diaryl/α,β-unsaturated/α-hetero) is 1. The molecule has 0 radical (unpaired) electrons. The normalized spacial score (nSPS) is 20.0. The Kier molecular flexibility index (Phi) is 10.3. The predicted octanol–water partition coefficient (Wildman–Crippen LogP) is -4.05. The van der Waals surface area contributed by atoms with Crippen molar-refractivity contribution in [2.45, 2.75) is 57.1 Å². The van der Waals surface area contributed by atoms with Crippen LogP contribution in [-0.4, -0.2) is 54.7 Å². The van der Waals surface area contributed by atoms with Crippen LogP contribution in [0.25, 0.3) is 0 Å². The van der Waals surface area contributed by atoms with Crippen LogP contribution in [0.1, 0.15) is 25.8 Å². The van der Waals surface area contributed by atoms with Crippen LogP contribution in [0.4, 0.5) is 0 Å². The molecule has 0 spiro atoms. The molecule has 28 heavy (non-hydrogen) atoms. The van der Waals surface area contributed by atoms with E-state index in [1.54, 1.807) is 0 Å². The zero-order valence-electron chi connectivity index (χ0n) is 16.4. The number of ether oxygens (including phenoxy) is 2. The fourth-order valence-electron chi connectivity index (χ4n) is 2.68. The van der Waals surface area contributed by atoms with E-state index in [4.69, 9.17) is 15.2 Å². The first kappa shape index (κ1) is 24.7. The van der Waals surface area contributed by atoms with Gasteiger partial charge in [-0.15, -0.1) is 0 Å². The first-order valence-corrected chi connectivity index (χ1v) is 8.91. The number of aliphatic carboxylic acids is 1. The molecule has 4 atom stereocenters. The van der Waals surface area contributed by atoms with Gasteiger partial charge >= 0.3 is 29.6 Å². The van der Waals surface area contributed by atoms with E-state index in [1.165, 1.54) is 0 Å². The number of hydrogen-bond acceptors (Lipinski definition) is 7. The Hall–Kier alpha value is -1.29. The van der Waals surface area contributed by atoms with Gasteiger partial charge in [0.25, 0.3) is 5.91 Å². The number of nitrogens with two attached hydrogens (primary N) is 1. The third-order valence-electron chi connectivity index (χ3n) is 4.16. The second-order valence-electron chi connectivity index (χ2n) is 6.76. The summed E-state index contributed by atoms with van der Waals surface area (Å²) < 4.78 is 10.2. The monoisotopic (exact) mass is 400 g/mol. The Labute approximate surface area is 186 Å². The van der Waals surface area contributed by atoms with E-state index < -0.39 is 36.2 Å². The smallest absolute Gasteiger partial charge is 0.547 e. The van der Waals surface area contributed by atoms with Gasteiger partial charge in [-0.2, -0.15) is 0 Å². The number of amides is 1. The Morgan fingerprint density at radius 1 is 1.21 bits per heavy atom. The van der Waals surface area contributed by atoms with E-state index in [0.29, 0.717) is 6.42 Å². The van der Waals surface area contributed by atoms with Crippen molar-refractivity contribution in [2.24, 2.45) is 5.73 Å². The van der Waals surface area contributed by atoms with E-state index >= 15 is 0 Å². The molecule has 1 heterocycles. The van der Waals surface area contributed by atoms with Crippen LogP contribution < -0.4 is 45.7 Å². The third-order valence-corrected chi connectivity index (χ3v) is 4.16. The molecule has 9 heteroatoms. The van der Waals surface area contributed by atoms with Gasteiger partial charge in [0.05, 0.1) is 24.2 Å². The number of carboxylic acids is 1. The topological polar surface area (TPSA) is 134 Å². The average molecular weight is 400 g/mol. The molecule has 8 nitrogen and oxygen atoms in total. The maximum Gasteiger partial charge on any atom is 1.00 e. The van der Waals surface area contributed by atoms with Crippen molar-refractivity contribution in [3.8, 4) is 0 Å². The molecular formula is C19H25N2NaO6. The average Bonchev–Trinajstić information content (AvgIpc) is 3.42. The SMILES string of the molecule is CC(C)OCCC(NC(=O)[C@H]1O[C@@H]1C(=O)[O-])C(=O)[C@@H](N)Cc1ccccc1.[Na+]. The molecule has 0 aliphatic carbocycles. The van der Waals surface area contributed by atoms with Crippen LogP contribution in [0.3, 0.4) is 0 Å². The number of benzene rings is 1. The zero-order valence-corrected chi connectivity index (χ0v) is 18.4. The van der Waals surface area contributed by atoms with Gasteiger partial charge in [-0.3, -0.25) is 9.59 Å². The number of carbonyl (C=O) groups is 3. The minimum absolute atomic E-state index is 0. The Morgan fingerprint density at radius 3 is 2.39 bits per heavy atom. The quantitative estimate of drug-likeness (QED) is 0.285. The summed E-state index contributed by atoms with van der Waals surface area (Å²) in [7, 11) is 0. The van der Waals surface area contributed by atoms with Gasteiger partial charge in [0.2, 0.25) is 0 Å².